The second-order valence-electron chi connectivity index (χ2n) is 8.35. The van der Waals surface area contributed by atoms with Crippen LogP contribution >= 0.6 is 34.9 Å². The second kappa shape index (κ2) is 12.7. The number of sulfonamides is 1. The number of aromatic nitrogens is 6. The molecule has 41 heavy (non-hydrogen) atoms. The van der Waals surface area contributed by atoms with Crippen LogP contribution in [0.2, 0.25) is 0 Å². The molecule has 5 rings (SSSR count). The van der Waals surface area contributed by atoms with E-state index in [9.17, 15) is 18.0 Å². The van der Waals surface area contributed by atoms with Crippen LogP contribution in [0.1, 0.15) is 11.5 Å². The number of nitrogens with one attached hydrogen (secondary N) is 3. The number of benzene rings is 2. The summed E-state index contributed by atoms with van der Waals surface area (Å²) in [7, 11) is -3.79. The van der Waals surface area contributed by atoms with Gasteiger partial charge in [-0.25, -0.2) is 18.4 Å². The molecule has 1 amide bonds. The molecule has 0 radical (unpaired) electrons. The van der Waals surface area contributed by atoms with Gasteiger partial charge in [-0.2, -0.15) is 0 Å². The maximum Gasteiger partial charge on any atom is 0.263 e. The summed E-state index contributed by atoms with van der Waals surface area (Å²) in [5.41, 5.74) is 1.66. The number of carbonyl (C=O) groups is 1. The van der Waals surface area contributed by atoms with E-state index in [-0.39, 0.29) is 27.2 Å². The minimum absolute atomic E-state index is 0.0382. The summed E-state index contributed by atoms with van der Waals surface area (Å²) in [5, 5.41) is 14.3. The number of hydrogen-bond acceptors (Lipinski definition) is 11. The van der Waals surface area contributed by atoms with Gasteiger partial charge in [0.1, 0.15) is 5.82 Å². The summed E-state index contributed by atoms with van der Waals surface area (Å²) in [6.45, 7) is 1.75. The number of thiazole rings is 1. The van der Waals surface area contributed by atoms with E-state index in [0.29, 0.717) is 33.3 Å². The number of nitrogens with zero attached hydrogens (tertiary/aromatic N) is 5. The van der Waals surface area contributed by atoms with Crippen molar-refractivity contribution in [2.45, 2.75) is 27.9 Å². The fourth-order valence-corrected chi connectivity index (χ4v) is 6.96. The van der Waals surface area contributed by atoms with Crippen LogP contribution in [0.25, 0.3) is 5.69 Å². The number of hydrogen-bond donors (Lipinski definition) is 3. The van der Waals surface area contributed by atoms with E-state index in [2.05, 4.69) is 35.2 Å². The van der Waals surface area contributed by atoms with Crippen LogP contribution in [0, 0.1) is 6.92 Å². The third-order valence-corrected chi connectivity index (χ3v) is 9.31. The molecule has 0 aliphatic heterocycles. The van der Waals surface area contributed by atoms with Crippen LogP contribution in [0.5, 0.6) is 0 Å². The summed E-state index contributed by atoms with van der Waals surface area (Å²) in [6, 6.07) is 16.8. The monoisotopic (exact) mass is 626 g/mol. The third kappa shape index (κ3) is 7.40. The number of para-hydroxylation sites is 1. The van der Waals surface area contributed by atoms with Crippen molar-refractivity contribution < 1.29 is 13.2 Å². The predicted molar refractivity (Wildman–Crippen MR) is 159 cm³/mol. The van der Waals surface area contributed by atoms with Gasteiger partial charge in [-0.3, -0.25) is 18.9 Å². The maximum absolute atomic E-state index is 12.7. The van der Waals surface area contributed by atoms with Crippen molar-refractivity contribution in [3.63, 3.8) is 0 Å². The lowest BCUT2D eigenvalue weighted by Crippen LogP contribution is -2.15. The molecule has 3 N–H and O–H groups in total. The minimum atomic E-state index is -3.79. The molecule has 0 unspecified atom stereocenters. The van der Waals surface area contributed by atoms with Crippen LogP contribution in [0.3, 0.4) is 0 Å². The Morgan fingerprint density at radius 1 is 1.07 bits per heavy atom. The Hall–Kier alpha value is -3.99. The van der Waals surface area contributed by atoms with E-state index in [1.54, 1.807) is 12.3 Å². The van der Waals surface area contributed by atoms with Crippen LogP contribution < -0.4 is 15.6 Å². The van der Waals surface area contributed by atoms with Gasteiger partial charge in [-0.15, -0.1) is 21.5 Å². The largest absolute Gasteiger partial charge is 0.325 e. The highest BCUT2D eigenvalue weighted by Gasteiger charge is 2.18. The highest BCUT2D eigenvalue weighted by Crippen LogP contribution is 2.26. The Bertz CT molecular complexity index is 1810. The van der Waals surface area contributed by atoms with Gasteiger partial charge in [0.15, 0.2) is 15.4 Å². The van der Waals surface area contributed by atoms with Crippen molar-refractivity contribution in [1.82, 2.24) is 29.7 Å². The smallest absolute Gasteiger partial charge is 0.263 e. The number of H-pyrrole nitrogens is 1. The molecule has 0 fully saturated rings. The van der Waals surface area contributed by atoms with E-state index in [1.807, 2.05) is 34.9 Å². The van der Waals surface area contributed by atoms with Gasteiger partial charge in [0.2, 0.25) is 5.91 Å². The molecular formula is C25H22N8O4S4. The molecule has 5 aromatic rings. The highest BCUT2D eigenvalue weighted by molar-refractivity contribution is 7.99. The number of amides is 1. The zero-order valence-corrected chi connectivity index (χ0v) is 24.6. The molecule has 0 aliphatic rings. The van der Waals surface area contributed by atoms with Crippen molar-refractivity contribution in [2.75, 3.05) is 15.8 Å². The molecule has 2 aromatic carbocycles. The molecule has 12 nitrogen and oxygen atoms in total. The topological polar surface area (TPSA) is 165 Å². The summed E-state index contributed by atoms with van der Waals surface area (Å²) in [6.07, 6.45) is 1.51. The van der Waals surface area contributed by atoms with Crippen LogP contribution in [-0.2, 0) is 20.6 Å². The Morgan fingerprint density at radius 2 is 1.85 bits per heavy atom. The first-order valence-corrected chi connectivity index (χ1v) is 16.3. The van der Waals surface area contributed by atoms with Crippen molar-refractivity contribution in [3.05, 3.63) is 94.1 Å². The summed E-state index contributed by atoms with van der Waals surface area (Å²) < 4.78 is 29.3. The molecule has 0 atom stereocenters. The van der Waals surface area contributed by atoms with Gasteiger partial charge in [0.25, 0.3) is 15.6 Å². The van der Waals surface area contributed by atoms with Gasteiger partial charge in [-0.1, -0.05) is 41.7 Å². The lowest BCUT2D eigenvalue weighted by Gasteiger charge is -2.10. The lowest BCUT2D eigenvalue weighted by molar-refractivity contribution is -0.113. The second-order valence-corrected chi connectivity index (χ2v) is 12.8. The molecule has 0 bridgehead atoms. The van der Waals surface area contributed by atoms with Gasteiger partial charge >= 0.3 is 0 Å². The molecule has 0 spiro atoms. The molecule has 0 saturated heterocycles. The molecule has 3 heterocycles. The summed E-state index contributed by atoms with van der Waals surface area (Å²) in [4.78, 5) is 35.6. The standard InChI is InChI=1S/C25H22N8O4S4/c1-16-13-21(34)29-24(27-16)39-14-20-30-31-25(33(20)18-5-3-2-4-6-18)40-15-22(35)28-17-7-9-19(10-8-17)41(36,37)32-23-26-11-12-38-23/h2-13H,14-15H2,1H3,(H,26,32)(H,28,35)(H,27,29,34). The van der Waals surface area contributed by atoms with E-state index in [1.165, 1.54) is 71.4 Å². The molecule has 16 heteroatoms. The van der Waals surface area contributed by atoms with E-state index >= 15 is 0 Å². The molecule has 0 saturated carbocycles. The molecule has 210 valence electrons. The Kier molecular flexibility index (Phi) is 8.82. The normalized spacial score (nSPS) is 11.3. The van der Waals surface area contributed by atoms with Gasteiger partial charge in [0.05, 0.1) is 16.4 Å². The molecular weight excluding hydrogens is 605 g/mol. The average Bonchev–Trinajstić information content (AvgIpc) is 3.60. The van der Waals surface area contributed by atoms with Crippen LogP contribution in [-0.4, -0.2) is 49.8 Å². The zero-order valence-electron chi connectivity index (χ0n) is 21.3. The van der Waals surface area contributed by atoms with Crippen molar-refractivity contribution in [3.8, 4) is 5.69 Å². The first-order chi connectivity index (χ1) is 19.8. The fraction of sp³-hybridized carbons (Fsp3) is 0.120. The van der Waals surface area contributed by atoms with Crippen molar-refractivity contribution in [2.24, 2.45) is 0 Å². The SMILES string of the molecule is Cc1cc(=O)[nH]c(SCc2nnc(SCC(=O)Nc3ccc(S(=O)(=O)Nc4nccs4)cc3)n2-c2ccccc2)n1. The van der Waals surface area contributed by atoms with Crippen molar-refractivity contribution >= 4 is 61.6 Å². The lowest BCUT2D eigenvalue weighted by atomic mass is 10.3. The fourth-order valence-electron chi connectivity index (χ4n) is 3.57. The first kappa shape index (κ1) is 28.5. The quantitative estimate of drug-likeness (QED) is 0.144. The number of thioether (sulfide) groups is 2. The third-order valence-electron chi connectivity index (χ3n) is 5.34. The maximum atomic E-state index is 12.7. The van der Waals surface area contributed by atoms with Crippen LogP contribution in [0.15, 0.2) is 92.2 Å². The average molecular weight is 627 g/mol. The molecule has 3 aromatic heterocycles. The number of rotatable bonds is 11. The van der Waals surface area contributed by atoms with Crippen molar-refractivity contribution in [1.29, 1.82) is 0 Å². The Morgan fingerprint density at radius 3 is 2.56 bits per heavy atom. The van der Waals surface area contributed by atoms with E-state index < -0.39 is 10.0 Å². The minimum Gasteiger partial charge on any atom is -0.325 e. The predicted octanol–water partition coefficient (Wildman–Crippen LogP) is 3.94. The Labute approximate surface area is 247 Å². The molecule has 0 aliphatic carbocycles. The Balaban J connectivity index is 1.25. The van der Waals surface area contributed by atoms with E-state index in [0.717, 1.165) is 5.69 Å². The van der Waals surface area contributed by atoms with Crippen LogP contribution in [0.4, 0.5) is 10.8 Å². The van der Waals surface area contributed by atoms with E-state index in [4.69, 9.17) is 0 Å². The first-order valence-electron chi connectivity index (χ1n) is 11.9. The number of carbonyl (C=O) groups excluding carboxylic acids is 1. The highest BCUT2D eigenvalue weighted by atomic mass is 32.2. The summed E-state index contributed by atoms with van der Waals surface area (Å²) in [5.74, 6) is 0.743. The summed E-state index contributed by atoms with van der Waals surface area (Å²) >= 11 is 3.71. The van der Waals surface area contributed by atoms with Gasteiger partial charge in [-0.05, 0) is 43.3 Å². The zero-order chi connectivity index (χ0) is 28.8. The number of aromatic amines is 1. The van der Waals surface area contributed by atoms with Gasteiger partial charge in [0, 0.05) is 34.7 Å². The number of aryl methyl sites for hydroxylation is 1. The van der Waals surface area contributed by atoms with Gasteiger partial charge < -0.3 is 10.3 Å². The number of anilines is 2.